The summed E-state index contributed by atoms with van der Waals surface area (Å²) in [6.07, 6.45) is 12.0. The van der Waals surface area contributed by atoms with Crippen LogP contribution in [0.15, 0.2) is 90.6 Å². The van der Waals surface area contributed by atoms with Crippen LogP contribution < -0.4 is 11.1 Å². The third kappa shape index (κ3) is 8.37. The molecule has 0 unspecified atom stereocenters. The first kappa shape index (κ1) is 33.9. The minimum absolute atomic E-state index is 0.314. The van der Waals surface area contributed by atoms with Crippen molar-refractivity contribution in [1.82, 2.24) is 25.1 Å². The number of amidine groups is 1. The maximum absolute atomic E-state index is 14.8. The van der Waals surface area contributed by atoms with Crippen LogP contribution in [0.1, 0.15) is 55.6 Å². The fraction of sp³-hybridized carbons (Fsp3) is 0.270. The number of unbranched alkanes of at least 4 members (excludes halogenated alkanes) is 1. The van der Waals surface area contributed by atoms with Gasteiger partial charge in [0.2, 0.25) is 0 Å². The van der Waals surface area contributed by atoms with Gasteiger partial charge in [0.1, 0.15) is 17.0 Å². The number of aromatic amines is 2. The first-order valence-corrected chi connectivity index (χ1v) is 15.6. The van der Waals surface area contributed by atoms with Gasteiger partial charge in [-0.05, 0) is 99.6 Å². The molecule has 0 saturated carbocycles. The van der Waals surface area contributed by atoms with Crippen LogP contribution in [0, 0.1) is 12.7 Å². The number of aromatic nitrogens is 4. The number of hydrogen-bond donors (Lipinski definition) is 4. The fourth-order valence-corrected chi connectivity index (χ4v) is 5.12. The predicted octanol–water partition coefficient (Wildman–Crippen LogP) is 8.01. The second-order valence-corrected chi connectivity index (χ2v) is 11.4. The molecule has 0 amide bonds. The summed E-state index contributed by atoms with van der Waals surface area (Å²) in [6, 6.07) is 11.0. The van der Waals surface area contributed by atoms with Crippen molar-refractivity contribution in [2.45, 2.75) is 40.0 Å². The van der Waals surface area contributed by atoms with Crippen molar-refractivity contribution in [3.63, 3.8) is 0 Å². The van der Waals surface area contributed by atoms with Crippen LogP contribution in [0.5, 0.6) is 0 Å². The standard InChI is InChI=1S/C37H45FN8/c1-8-12-14-35(39)42-28(11-4)20-25(10-3)32-15-16-33-36(43-32)37(45-44-33)34-23-31(24(5)41-34)30(13-9-2)26-19-27(38)22-29(21-26)40-17-18-46(6)7/h9-11,13,15-16,19-23,40-41H,2,4,8,12,14,17-18H2,1,3,5-7H3,(H2,39,42)(H,44,45)/b25-10+,28-20+,30-13-. The van der Waals surface area contributed by atoms with Crippen LogP contribution in [0.3, 0.4) is 0 Å². The quantitative estimate of drug-likeness (QED) is 0.0611. The Bertz CT molecular complexity index is 1820. The SMILES string of the molecule is C=C/C=C(/c1cc(F)cc(NCCN(C)C)c1)c1cc(-c2n[nH]c3ccc(C(/C=C(\C=C)N=C(N)CCCC)=C/C)nc23)[nH]c1C. The van der Waals surface area contributed by atoms with E-state index in [0.717, 1.165) is 81.9 Å². The molecule has 0 aliphatic heterocycles. The van der Waals surface area contributed by atoms with E-state index in [2.05, 4.69) is 50.5 Å². The van der Waals surface area contributed by atoms with Crippen LogP contribution in [0.2, 0.25) is 0 Å². The van der Waals surface area contributed by atoms with E-state index in [9.17, 15) is 4.39 Å². The minimum atomic E-state index is -0.314. The number of nitrogens with one attached hydrogen (secondary N) is 3. The molecule has 4 rings (SSSR count). The Balaban J connectivity index is 1.71. The Hall–Kier alpha value is -5.02. The van der Waals surface area contributed by atoms with E-state index < -0.39 is 0 Å². The Labute approximate surface area is 271 Å². The molecule has 0 aliphatic rings. The molecule has 0 bridgehead atoms. The first-order valence-electron chi connectivity index (χ1n) is 15.6. The number of allylic oxidation sites excluding steroid dienone is 6. The van der Waals surface area contributed by atoms with Gasteiger partial charge in [-0.15, -0.1) is 0 Å². The van der Waals surface area contributed by atoms with Crippen LogP contribution in [0.25, 0.3) is 33.6 Å². The third-order valence-electron chi connectivity index (χ3n) is 7.53. The number of pyridine rings is 1. The lowest BCUT2D eigenvalue weighted by atomic mass is 9.96. The van der Waals surface area contributed by atoms with Gasteiger partial charge in [0.15, 0.2) is 0 Å². The fourth-order valence-electron chi connectivity index (χ4n) is 5.12. The van der Waals surface area contributed by atoms with Crippen LogP contribution in [-0.4, -0.2) is 58.1 Å². The lowest BCUT2D eigenvalue weighted by Gasteiger charge is -2.14. The summed E-state index contributed by atoms with van der Waals surface area (Å²) in [4.78, 5) is 15.1. The number of anilines is 1. The Morgan fingerprint density at radius 3 is 2.67 bits per heavy atom. The van der Waals surface area contributed by atoms with Gasteiger partial charge in [0.25, 0.3) is 0 Å². The molecule has 46 heavy (non-hydrogen) atoms. The molecule has 3 aromatic heterocycles. The number of fused-ring (bicyclic) bond motifs is 1. The molecule has 0 spiro atoms. The number of aliphatic imine (C=N–C) groups is 1. The molecule has 0 aliphatic carbocycles. The number of halogens is 1. The summed E-state index contributed by atoms with van der Waals surface area (Å²) >= 11 is 0. The summed E-state index contributed by atoms with van der Waals surface area (Å²) in [7, 11) is 4.01. The molecule has 8 nitrogen and oxygen atoms in total. The van der Waals surface area contributed by atoms with Crippen molar-refractivity contribution in [2.24, 2.45) is 10.7 Å². The van der Waals surface area contributed by atoms with Crippen molar-refractivity contribution in [3.8, 4) is 11.4 Å². The van der Waals surface area contributed by atoms with Crippen molar-refractivity contribution in [1.29, 1.82) is 0 Å². The molecule has 3 heterocycles. The highest BCUT2D eigenvalue weighted by molar-refractivity contribution is 5.92. The number of H-pyrrole nitrogens is 2. The summed E-state index contributed by atoms with van der Waals surface area (Å²) in [6.45, 7) is 15.5. The lowest BCUT2D eigenvalue weighted by molar-refractivity contribution is 0.425. The second-order valence-electron chi connectivity index (χ2n) is 11.4. The Kier molecular flexibility index (Phi) is 11.6. The average molecular weight is 621 g/mol. The maximum Gasteiger partial charge on any atom is 0.135 e. The van der Waals surface area contributed by atoms with Crippen LogP contribution >= 0.6 is 0 Å². The summed E-state index contributed by atoms with van der Waals surface area (Å²) in [5.41, 5.74) is 15.6. The zero-order valence-electron chi connectivity index (χ0n) is 27.5. The summed E-state index contributed by atoms with van der Waals surface area (Å²) in [5.74, 6) is 0.271. The minimum Gasteiger partial charge on any atom is -0.387 e. The largest absolute Gasteiger partial charge is 0.387 e. The van der Waals surface area contributed by atoms with E-state index in [1.54, 1.807) is 18.2 Å². The summed E-state index contributed by atoms with van der Waals surface area (Å²) < 4.78 is 14.8. The monoisotopic (exact) mass is 620 g/mol. The third-order valence-corrected chi connectivity index (χ3v) is 7.53. The Morgan fingerprint density at radius 1 is 1.17 bits per heavy atom. The number of nitrogens with two attached hydrogens (primary N) is 1. The average Bonchev–Trinajstić information content (AvgIpc) is 3.63. The topological polar surface area (TPSA) is 111 Å². The maximum atomic E-state index is 14.8. The van der Waals surface area contributed by atoms with E-state index in [1.165, 1.54) is 6.07 Å². The van der Waals surface area contributed by atoms with E-state index in [4.69, 9.17) is 10.7 Å². The van der Waals surface area contributed by atoms with Crippen molar-refractivity contribution < 1.29 is 4.39 Å². The van der Waals surface area contributed by atoms with Crippen molar-refractivity contribution in [2.75, 3.05) is 32.5 Å². The highest BCUT2D eigenvalue weighted by Crippen LogP contribution is 2.34. The highest BCUT2D eigenvalue weighted by atomic mass is 19.1. The normalized spacial score (nSPS) is 13.1. The molecule has 5 N–H and O–H groups in total. The Morgan fingerprint density at radius 2 is 1.98 bits per heavy atom. The molecular formula is C37H45FN8. The van der Waals surface area contributed by atoms with Crippen LogP contribution in [-0.2, 0) is 0 Å². The number of benzene rings is 1. The molecule has 4 aromatic rings. The molecule has 9 heteroatoms. The molecule has 0 fully saturated rings. The lowest BCUT2D eigenvalue weighted by Crippen LogP contribution is -2.20. The summed E-state index contributed by atoms with van der Waals surface area (Å²) in [5, 5.41) is 11.1. The molecule has 0 saturated heterocycles. The number of hydrogen-bond acceptors (Lipinski definition) is 5. The zero-order valence-corrected chi connectivity index (χ0v) is 27.5. The molecular weight excluding hydrogens is 575 g/mol. The van der Waals surface area contributed by atoms with Gasteiger partial charge >= 0.3 is 0 Å². The van der Waals surface area contributed by atoms with Crippen molar-refractivity contribution >= 4 is 33.7 Å². The number of likely N-dealkylation sites (N-methyl/N-ethyl adjacent to an activating group) is 1. The highest BCUT2D eigenvalue weighted by Gasteiger charge is 2.18. The number of rotatable bonds is 15. The predicted molar refractivity (Wildman–Crippen MR) is 192 cm³/mol. The van der Waals surface area contributed by atoms with Crippen molar-refractivity contribution in [3.05, 3.63) is 114 Å². The van der Waals surface area contributed by atoms with Gasteiger partial charge < -0.3 is 20.9 Å². The molecule has 240 valence electrons. The van der Waals surface area contributed by atoms with E-state index >= 15 is 0 Å². The van der Waals surface area contributed by atoms with Gasteiger partial charge in [-0.2, -0.15) is 5.10 Å². The molecule has 1 aromatic carbocycles. The van der Waals surface area contributed by atoms with Gasteiger partial charge in [-0.3, -0.25) is 5.10 Å². The van der Waals surface area contributed by atoms with Gasteiger partial charge in [-0.25, -0.2) is 14.4 Å². The second kappa shape index (κ2) is 15.8. The molecule has 0 atom stereocenters. The number of nitrogens with zero attached hydrogens (tertiary/aromatic N) is 4. The van der Waals surface area contributed by atoms with E-state index in [1.807, 2.05) is 70.4 Å². The zero-order chi connectivity index (χ0) is 33.2. The molecule has 0 radical (unpaired) electrons. The number of aryl methyl sites for hydroxylation is 1. The van der Waals surface area contributed by atoms with Crippen LogP contribution in [0.4, 0.5) is 10.1 Å². The van der Waals surface area contributed by atoms with Gasteiger partial charge in [0.05, 0.1) is 28.4 Å². The van der Waals surface area contributed by atoms with Gasteiger partial charge in [-0.1, -0.05) is 44.7 Å². The van der Waals surface area contributed by atoms with Gasteiger partial charge in [0, 0.05) is 36.5 Å². The first-order chi connectivity index (χ1) is 22.2. The van der Waals surface area contributed by atoms with E-state index in [0.29, 0.717) is 23.8 Å². The smallest absolute Gasteiger partial charge is 0.135 e. The van der Waals surface area contributed by atoms with E-state index in [-0.39, 0.29) is 5.82 Å².